The maximum absolute atomic E-state index is 13.3. The van der Waals surface area contributed by atoms with E-state index in [4.69, 9.17) is 4.74 Å². The first-order valence-corrected chi connectivity index (χ1v) is 8.72. The van der Waals surface area contributed by atoms with Crippen molar-refractivity contribution in [3.8, 4) is 0 Å². The number of hydrogen-bond acceptors (Lipinski definition) is 4. The summed E-state index contributed by atoms with van der Waals surface area (Å²) in [5.41, 5.74) is 1.68. The van der Waals surface area contributed by atoms with Crippen molar-refractivity contribution < 1.29 is 14.3 Å². The Balaban J connectivity index is 1.97. The van der Waals surface area contributed by atoms with E-state index < -0.39 is 17.7 Å². The van der Waals surface area contributed by atoms with Crippen molar-refractivity contribution >= 4 is 17.7 Å². The van der Waals surface area contributed by atoms with Gasteiger partial charge in [0.1, 0.15) is 11.6 Å². The van der Waals surface area contributed by atoms with Gasteiger partial charge >= 0.3 is 6.09 Å². The molecule has 3 rings (SSSR count). The second-order valence-corrected chi connectivity index (χ2v) is 7.24. The van der Waals surface area contributed by atoms with Gasteiger partial charge in [-0.25, -0.2) is 9.69 Å². The van der Waals surface area contributed by atoms with E-state index in [1.807, 2.05) is 24.3 Å². The normalized spacial score (nSPS) is 16.5. The lowest BCUT2D eigenvalue weighted by molar-refractivity contribution is -0.120. The van der Waals surface area contributed by atoms with Crippen LogP contribution in [0.15, 0.2) is 48.5 Å². The smallest absolute Gasteiger partial charge is 0.421 e. The number of para-hydroxylation sites is 1. The number of carbonyl (C=O) groups is 2. The predicted molar refractivity (Wildman–Crippen MR) is 99.9 cm³/mol. The first-order valence-electron chi connectivity index (χ1n) is 8.72. The first kappa shape index (κ1) is 18.1. The average molecular weight is 351 g/mol. The molecule has 135 valence electrons. The zero-order chi connectivity index (χ0) is 18.7. The highest BCUT2D eigenvalue weighted by Crippen LogP contribution is 2.27. The SMILES string of the molecule is CC(C)(C)OC(=O)N(C(=O)C1NCCc2ccccc21)c1[c]cccc1. The third-order valence-electron chi connectivity index (χ3n) is 4.09. The zero-order valence-corrected chi connectivity index (χ0v) is 15.3. The quantitative estimate of drug-likeness (QED) is 0.897. The van der Waals surface area contributed by atoms with Gasteiger partial charge in [0.15, 0.2) is 0 Å². The van der Waals surface area contributed by atoms with Gasteiger partial charge in [-0.05, 0) is 44.4 Å². The van der Waals surface area contributed by atoms with Crippen molar-refractivity contribution in [2.24, 2.45) is 0 Å². The molecule has 1 heterocycles. The molecular weight excluding hydrogens is 328 g/mol. The van der Waals surface area contributed by atoms with Crippen molar-refractivity contribution in [1.29, 1.82) is 0 Å². The van der Waals surface area contributed by atoms with E-state index >= 15 is 0 Å². The number of hydrogen-bond donors (Lipinski definition) is 1. The Kier molecular flexibility index (Phi) is 5.09. The van der Waals surface area contributed by atoms with Crippen LogP contribution < -0.4 is 10.2 Å². The monoisotopic (exact) mass is 351 g/mol. The molecule has 1 radical (unpaired) electrons. The van der Waals surface area contributed by atoms with Crippen LogP contribution in [0.1, 0.15) is 37.9 Å². The van der Waals surface area contributed by atoms with Crippen molar-refractivity contribution in [2.45, 2.75) is 38.8 Å². The summed E-state index contributed by atoms with van der Waals surface area (Å²) in [5.74, 6) is -0.367. The highest BCUT2D eigenvalue weighted by atomic mass is 16.6. The zero-order valence-electron chi connectivity index (χ0n) is 15.3. The molecule has 0 fully saturated rings. The molecule has 0 bridgehead atoms. The fourth-order valence-corrected chi connectivity index (χ4v) is 2.99. The van der Waals surface area contributed by atoms with E-state index in [0.717, 1.165) is 22.4 Å². The lowest BCUT2D eigenvalue weighted by Gasteiger charge is -2.31. The highest BCUT2D eigenvalue weighted by molar-refractivity contribution is 6.14. The number of nitrogens with one attached hydrogen (secondary N) is 1. The minimum Gasteiger partial charge on any atom is -0.443 e. The summed E-state index contributed by atoms with van der Waals surface area (Å²) >= 11 is 0. The number of anilines is 1. The van der Waals surface area contributed by atoms with E-state index in [-0.39, 0.29) is 5.91 Å². The van der Waals surface area contributed by atoms with E-state index in [9.17, 15) is 9.59 Å². The number of benzene rings is 2. The number of imide groups is 1. The standard InChI is InChI=1S/C21H23N2O3/c1-21(2,3)26-20(25)23(16-10-5-4-6-11-16)19(24)18-17-12-8-7-9-15(17)13-14-22-18/h4-10,12,18,22H,13-14H2,1-3H3. The van der Waals surface area contributed by atoms with Crippen molar-refractivity contribution in [2.75, 3.05) is 11.4 Å². The van der Waals surface area contributed by atoms with Crippen LogP contribution in [0.4, 0.5) is 10.5 Å². The van der Waals surface area contributed by atoms with E-state index in [1.165, 1.54) is 0 Å². The minimum atomic E-state index is -0.706. The molecule has 1 unspecified atom stereocenters. The lowest BCUT2D eigenvalue weighted by Crippen LogP contribution is -2.48. The van der Waals surface area contributed by atoms with Gasteiger partial charge in [-0.15, -0.1) is 0 Å². The number of carbonyl (C=O) groups excluding carboxylic acids is 2. The number of rotatable bonds is 2. The number of nitrogens with zero attached hydrogens (tertiary/aromatic N) is 1. The Bertz CT molecular complexity index is 796. The van der Waals surface area contributed by atoms with Gasteiger partial charge in [-0.1, -0.05) is 42.5 Å². The molecule has 0 aromatic heterocycles. The molecule has 0 spiro atoms. The summed E-state index contributed by atoms with van der Waals surface area (Å²) < 4.78 is 5.47. The molecule has 1 aliphatic rings. The Hall–Kier alpha value is -2.66. The molecule has 0 saturated carbocycles. The third-order valence-corrected chi connectivity index (χ3v) is 4.09. The predicted octanol–water partition coefficient (Wildman–Crippen LogP) is 3.64. The Morgan fingerprint density at radius 3 is 2.58 bits per heavy atom. The minimum absolute atomic E-state index is 0.367. The summed E-state index contributed by atoms with van der Waals surface area (Å²) in [6.45, 7) is 6.00. The van der Waals surface area contributed by atoms with E-state index in [0.29, 0.717) is 12.2 Å². The van der Waals surface area contributed by atoms with Crippen LogP contribution in [-0.4, -0.2) is 24.1 Å². The highest BCUT2D eigenvalue weighted by Gasteiger charge is 2.36. The molecule has 2 amide bonds. The van der Waals surface area contributed by atoms with Gasteiger partial charge in [0.25, 0.3) is 5.91 Å². The Morgan fingerprint density at radius 1 is 1.15 bits per heavy atom. The second-order valence-electron chi connectivity index (χ2n) is 7.24. The second kappa shape index (κ2) is 7.30. The summed E-state index contributed by atoms with van der Waals surface area (Å²) in [4.78, 5) is 27.2. The Morgan fingerprint density at radius 2 is 1.88 bits per heavy atom. The molecule has 1 N–H and O–H groups in total. The Labute approximate surface area is 154 Å². The number of amides is 2. The van der Waals surface area contributed by atoms with Crippen LogP contribution in [-0.2, 0) is 16.0 Å². The molecule has 5 nitrogen and oxygen atoms in total. The summed E-state index contributed by atoms with van der Waals surface area (Å²) in [6, 6.07) is 17.1. The fraction of sp³-hybridized carbons (Fsp3) is 0.333. The van der Waals surface area contributed by atoms with Crippen LogP contribution in [0, 0.1) is 6.07 Å². The lowest BCUT2D eigenvalue weighted by atomic mass is 9.93. The third kappa shape index (κ3) is 3.94. The topological polar surface area (TPSA) is 58.6 Å². The van der Waals surface area contributed by atoms with Crippen LogP contribution >= 0.6 is 0 Å². The molecule has 2 aromatic rings. The molecule has 0 saturated heterocycles. The van der Waals surface area contributed by atoms with Gasteiger partial charge in [0, 0.05) is 12.6 Å². The summed E-state index contributed by atoms with van der Waals surface area (Å²) in [5, 5.41) is 3.23. The molecule has 1 atom stereocenters. The summed E-state index contributed by atoms with van der Waals surface area (Å²) in [6.07, 6.45) is 0.152. The molecular formula is C21H23N2O3. The maximum atomic E-state index is 13.3. The number of ether oxygens (including phenoxy) is 1. The summed E-state index contributed by atoms with van der Waals surface area (Å²) in [7, 11) is 0. The molecule has 0 aliphatic carbocycles. The van der Waals surface area contributed by atoms with E-state index in [1.54, 1.807) is 45.0 Å². The van der Waals surface area contributed by atoms with E-state index in [2.05, 4.69) is 11.4 Å². The first-order chi connectivity index (χ1) is 12.4. The van der Waals surface area contributed by atoms with Crippen LogP contribution in [0.3, 0.4) is 0 Å². The van der Waals surface area contributed by atoms with Crippen molar-refractivity contribution in [3.63, 3.8) is 0 Å². The van der Waals surface area contributed by atoms with Gasteiger partial charge in [-0.2, -0.15) is 0 Å². The maximum Gasteiger partial charge on any atom is 0.421 e. The number of fused-ring (bicyclic) bond motifs is 1. The average Bonchev–Trinajstić information content (AvgIpc) is 2.60. The van der Waals surface area contributed by atoms with Gasteiger partial charge < -0.3 is 10.1 Å². The van der Waals surface area contributed by atoms with Gasteiger partial charge in [0.05, 0.1) is 5.69 Å². The molecule has 5 heteroatoms. The van der Waals surface area contributed by atoms with Gasteiger partial charge in [0.2, 0.25) is 0 Å². The largest absolute Gasteiger partial charge is 0.443 e. The molecule has 2 aromatic carbocycles. The van der Waals surface area contributed by atoms with Crippen LogP contribution in [0.2, 0.25) is 0 Å². The van der Waals surface area contributed by atoms with Crippen LogP contribution in [0.5, 0.6) is 0 Å². The molecule has 1 aliphatic heterocycles. The van der Waals surface area contributed by atoms with Crippen molar-refractivity contribution in [3.05, 3.63) is 65.7 Å². The van der Waals surface area contributed by atoms with Crippen LogP contribution in [0.25, 0.3) is 0 Å². The van der Waals surface area contributed by atoms with Crippen molar-refractivity contribution in [1.82, 2.24) is 5.32 Å². The molecule has 26 heavy (non-hydrogen) atoms. The fourth-order valence-electron chi connectivity index (χ4n) is 2.99. The van der Waals surface area contributed by atoms with Gasteiger partial charge in [-0.3, -0.25) is 4.79 Å².